The van der Waals surface area contributed by atoms with Crippen LogP contribution in [0.15, 0.2) is 206 Å². The average Bonchev–Trinajstić information content (AvgIpc) is 3.80. The first-order valence-corrected chi connectivity index (χ1v) is 19.6. The molecule has 0 bridgehead atoms. The number of hydrogen-bond donors (Lipinski definition) is 0. The second-order valence-electron chi connectivity index (χ2n) is 14.8. The Balaban J connectivity index is 1.12. The van der Waals surface area contributed by atoms with Gasteiger partial charge in [-0.05, 0) is 108 Å². The highest BCUT2D eigenvalue weighted by molar-refractivity contribution is 6.13. The van der Waals surface area contributed by atoms with Crippen LogP contribution < -0.4 is 9.64 Å². The Morgan fingerprint density at radius 1 is 0.345 bits per heavy atom. The molecule has 3 aromatic heterocycles. The van der Waals surface area contributed by atoms with Crippen molar-refractivity contribution in [3.8, 4) is 45.3 Å². The number of para-hydroxylation sites is 5. The van der Waals surface area contributed by atoms with Crippen LogP contribution in [0, 0.1) is 0 Å². The van der Waals surface area contributed by atoms with Gasteiger partial charge in [0.2, 0.25) is 0 Å². The number of rotatable bonds is 5. The van der Waals surface area contributed by atoms with Gasteiger partial charge in [-0.2, -0.15) is 0 Å². The van der Waals surface area contributed by atoms with Gasteiger partial charge in [0.15, 0.2) is 11.5 Å². The molecule has 0 radical (unpaired) electrons. The van der Waals surface area contributed by atoms with E-state index in [1.54, 1.807) is 0 Å². The minimum atomic E-state index is 0.835. The van der Waals surface area contributed by atoms with Crippen LogP contribution >= 0.6 is 0 Å². The van der Waals surface area contributed by atoms with E-state index in [2.05, 4.69) is 190 Å². The summed E-state index contributed by atoms with van der Waals surface area (Å²) in [5, 5.41) is 3.45. The van der Waals surface area contributed by atoms with Gasteiger partial charge in [-0.3, -0.25) is 0 Å². The molecule has 11 aromatic rings. The standard InChI is InChI=1S/C53H34N4O/c1-4-14-35(15-5-1)37-24-28-45-41(32-37)42-33-39(57-48-20-10-12-22-51(48)58-52-23-13-11-21-49(52)57)25-29-46(42)56(45)40-26-30-47-43(34-40)53-50(55(47)38-18-8-3-9-19-38)31-27-44(54-53)36-16-6-2-7-17-36/h1-34H. The van der Waals surface area contributed by atoms with E-state index in [-0.39, 0.29) is 0 Å². The highest BCUT2D eigenvalue weighted by atomic mass is 16.5. The van der Waals surface area contributed by atoms with E-state index in [9.17, 15) is 0 Å². The number of pyridine rings is 1. The fourth-order valence-corrected chi connectivity index (χ4v) is 8.85. The summed E-state index contributed by atoms with van der Waals surface area (Å²) in [5.74, 6) is 1.67. The van der Waals surface area contributed by atoms with Gasteiger partial charge < -0.3 is 18.8 Å². The Hall–Kier alpha value is -7.89. The number of fused-ring (bicyclic) bond motifs is 8. The molecule has 5 heteroatoms. The largest absolute Gasteiger partial charge is 0.453 e. The second kappa shape index (κ2) is 12.8. The van der Waals surface area contributed by atoms with Crippen LogP contribution in [0.5, 0.6) is 11.5 Å². The molecule has 0 saturated carbocycles. The number of ether oxygens (including phenoxy) is 1. The van der Waals surface area contributed by atoms with Crippen molar-refractivity contribution in [2.45, 2.75) is 0 Å². The van der Waals surface area contributed by atoms with Crippen molar-refractivity contribution in [1.29, 1.82) is 0 Å². The average molecular weight is 743 g/mol. The highest BCUT2D eigenvalue weighted by Gasteiger charge is 2.26. The smallest absolute Gasteiger partial charge is 0.151 e. The van der Waals surface area contributed by atoms with E-state index in [0.717, 1.165) is 84.2 Å². The van der Waals surface area contributed by atoms with Crippen molar-refractivity contribution in [3.63, 3.8) is 0 Å². The van der Waals surface area contributed by atoms with Crippen LogP contribution in [-0.2, 0) is 0 Å². The Labute approximate surface area is 334 Å². The monoisotopic (exact) mass is 742 g/mol. The van der Waals surface area contributed by atoms with Crippen molar-refractivity contribution >= 4 is 60.8 Å². The van der Waals surface area contributed by atoms with Crippen LogP contribution in [0.2, 0.25) is 0 Å². The molecule has 1 aliphatic heterocycles. The van der Waals surface area contributed by atoms with Crippen molar-refractivity contribution in [2.75, 3.05) is 4.90 Å². The molecule has 0 spiro atoms. The highest BCUT2D eigenvalue weighted by Crippen LogP contribution is 2.51. The van der Waals surface area contributed by atoms with Crippen LogP contribution in [0.1, 0.15) is 0 Å². The second-order valence-corrected chi connectivity index (χ2v) is 14.8. The van der Waals surface area contributed by atoms with Crippen LogP contribution in [0.25, 0.3) is 77.5 Å². The number of anilines is 3. The van der Waals surface area contributed by atoms with Crippen molar-refractivity contribution in [3.05, 3.63) is 206 Å². The van der Waals surface area contributed by atoms with Crippen molar-refractivity contribution in [2.24, 2.45) is 0 Å². The van der Waals surface area contributed by atoms with Gasteiger partial charge >= 0.3 is 0 Å². The summed E-state index contributed by atoms with van der Waals surface area (Å²) >= 11 is 0. The molecule has 0 unspecified atom stereocenters. The summed E-state index contributed by atoms with van der Waals surface area (Å²) in [6, 6.07) is 73.1. The molecule has 0 aliphatic carbocycles. The van der Waals surface area contributed by atoms with Gasteiger partial charge in [0, 0.05) is 38.8 Å². The first-order chi connectivity index (χ1) is 28.8. The third-order valence-electron chi connectivity index (χ3n) is 11.5. The summed E-state index contributed by atoms with van der Waals surface area (Å²) in [6.07, 6.45) is 0. The van der Waals surface area contributed by atoms with Gasteiger partial charge in [-0.15, -0.1) is 0 Å². The normalized spacial score (nSPS) is 12.2. The lowest BCUT2D eigenvalue weighted by Crippen LogP contribution is -2.15. The predicted octanol–water partition coefficient (Wildman–Crippen LogP) is 14.2. The molecular formula is C53H34N4O. The van der Waals surface area contributed by atoms with Crippen LogP contribution in [0.3, 0.4) is 0 Å². The molecule has 0 N–H and O–H groups in total. The molecule has 1 aliphatic rings. The Bertz CT molecular complexity index is 3320. The summed E-state index contributed by atoms with van der Waals surface area (Å²) < 4.78 is 11.1. The molecule has 0 fully saturated rings. The summed E-state index contributed by atoms with van der Waals surface area (Å²) in [5.41, 5.74) is 15.1. The zero-order valence-electron chi connectivity index (χ0n) is 31.3. The predicted molar refractivity (Wildman–Crippen MR) is 239 cm³/mol. The van der Waals surface area contributed by atoms with Gasteiger partial charge in [-0.25, -0.2) is 4.98 Å². The molecule has 0 saturated heterocycles. The Kier molecular flexibility index (Phi) is 7.16. The van der Waals surface area contributed by atoms with E-state index < -0.39 is 0 Å². The third kappa shape index (κ3) is 5.00. The van der Waals surface area contributed by atoms with Gasteiger partial charge in [-0.1, -0.05) is 109 Å². The van der Waals surface area contributed by atoms with E-state index in [0.29, 0.717) is 0 Å². The van der Waals surface area contributed by atoms with Crippen LogP contribution in [0.4, 0.5) is 17.1 Å². The maximum atomic E-state index is 6.39. The molecule has 4 heterocycles. The zero-order chi connectivity index (χ0) is 38.2. The third-order valence-corrected chi connectivity index (χ3v) is 11.5. The minimum Gasteiger partial charge on any atom is -0.453 e. The maximum Gasteiger partial charge on any atom is 0.151 e. The quantitative estimate of drug-likeness (QED) is 0.176. The molecule has 5 nitrogen and oxygen atoms in total. The van der Waals surface area contributed by atoms with Gasteiger partial charge in [0.1, 0.15) is 0 Å². The molecule has 0 amide bonds. The lowest BCUT2D eigenvalue weighted by molar-refractivity contribution is 0.477. The van der Waals surface area contributed by atoms with E-state index >= 15 is 0 Å². The fraction of sp³-hybridized carbons (Fsp3) is 0. The Morgan fingerprint density at radius 2 is 0.862 bits per heavy atom. The van der Waals surface area contributed by atoms with Crippen molar-refractivity contribution < 1.29 is 4.74 Å². The minimum absolute atomic E-state index is 0.835. The van der Waals surface area contributed by atoms with Crippen molar-refractivity contribution in [1.82, 2.24) is 14.1 Å². The lowest BCUT2D eigenvalue weighted by Gasteiger charge is -2.32. The number of hydrogen-bond acceptors (Lipinski definition) is 3. The molecule has 58 heavy (non-hydrogen) atoms. The summed E-state index contributed by atoms with van der Waals surface area (Å²) in [7, 11) is 0. The van der Waals surface area contributed by atoms with E-state index in [4.69, 9.17) is 9.72 Å². The van der Waals surface area contributed by atoms with Gasteiger partial charge in [0.25, 0.3) is 0 Å². The molecule has 0 atom stereocenters. The first-order valence-electron chi connectivity index (χ1n) is 19.6. The topological polar surface area (TPSA) is 35.2 Å². The number of aromatic nitrogens is 3. The molecule has 12 rings (SSSR count). The zero-order valence-corrected chi connectivity index (χ0v) is 31.3. The van der Waals surface area contributed by atoms with E-state index in [1.165, 1.54) is 21.9 Å². The SMILES string of the molecule is c1ccc(-c2ccc3c(c2)c2cc(N4c5ccccc5Oc5ccccc54)ccc2n3-c2ccc3c(c2)c2nc(-c4ccccc4)ccc2n3-c2ccccc2)cc1. The number of benzene rings is 8. The molecule has 8 aromatic carbocycles. The summed E-state index contributed by atoms with van der Waals surface area (Å²) in [4.78, 5) is 7.68. The first kappa shape index (κ1) is 32.4. The fourth-order valence-electron chi connectivity index (χ4n) is 8.85. The Morgan fingerprint density at radius 3 is 1.57 bits per heavy atom. The van der Waals surface area contributed by atoms with Gasteiger partial charge in [0.05, 0.1) is 44.7 Å². The molecular weight excluding hydrogens is 709 g/mol. The van der Waals surface area contributed by atoms with Crippen LogP contribution in [-0.4, -0.2) is 14.1 Å². The maximum absolute atomic E-state index is 6.39. The summed E-state index contributed by atoms with van der Waals surface area (Å²) in [6.45, 7) is 0. The number of nitrogens with zero attached hydrogens (tertiary/aromatic N) is 4. The lowest BCUT2D eigenvalue weighted by atomic mass is 10.0. The molecule has 272 valence electrons. The van der Waals surface area contributed by atoms with E-state index in [1.807, 2.05) is 30.3 Å².